The first kappa shape index (κ1) is 16.1. The summed E-state index contributed by atoms with van der Waals surface area (Å²) in [7, 11) is 0. The Bertz CT molecular complexity index is 987. The Kier molecular flexibility index (Phi) is 3.81. The molecule has 0 radical (unpaired) electrons. The van der Waals surface area contributed by atoms with E-state index in [9.17, 15) is 9.59 Å². The fraction of sp³-hybridized carbons (Fsp3) is 0.0909. The molecule has 0 bridgehead atoms. The van der Waals surface area contributed by atoms with Gasteiger partial charge in [0.25, 0.3) is 11.8 Å². The summed E-state index contributed by atoms with van der Waals surface area (Å²) in [5, 5.41) is 0. The molecule has 4 nitrogen and oxygen atoms in total. The Morgan fingerprint density at radius 1 is 0.692 bits per heavy atom. The second kappa shape index (κ2) is 6.15. The highest BCUT2D eigenvalue weighted by Crippen LogP contribution is 2.31. The van der Waals surface area contributed by atoms with E-state index in [2.05, 4.69) is 6.92 Å². The topological polar surface area (TPSA) is 46.6 Å². The van der Waals surface area contributed by atoms with Crippen molar-refractivity contribution in [3.8, 4) is 11.5 Å². The van der Waals surface area contributed by atoms with E-state index in [0.717, 1.165) is 11.3 Å². The van der Waals surface area contributed by atoms with Gasteiger partial charge < -0.3 is 4.74 Å². The van der Waals surface area contributed by atoms with E-state index >= 15 is 0 Å². The number of ether oxygens (including phenoxy) is 1. The summed E-state index contributed by atoms with van der Waals surface area (Å²) in [5.74, 6) is 0.803. The summed E-state index contributed by atoms with van der Waals surface area (Å²) in [6.07, 6.45) is 0. The third-order valence-electron chi connectivity index (χ3n) is 4.60. The van der Waals surface area contributed by atoms with E-state index in [1.807, 2.05) is 25.1 Å². The van der Waals surface area contributed by atoms with Gasteiger partial charge in [-0.1, -0.05) is 18.2 Å². The van der Waals surface area contributed by atoms with E-state index in [1.54, 1.807) is 48.5 Å². The molecule has 1 aliphatic rings. The SMILES string of the molecule is Cc1ccc(Oc2ccc(N3C(=O)c4ccccc4C3=O)cc2)cc1C. The standard InChI is InChI=1S/C22H17NO3/c1-14-7-10-18(13-15(14)2)26-17-11-8-16(9-12-17)23-21(24)19-5-3-4-6-20(19)22(23)25/h3-13H,1-2H3. The molecule has 1 aliphatic heterocycles. The lowest BCUT2D eigenvalue weighted by atomic mass is 10.1. The maximum atomic E-state index is 12.5. The molecule has 3 aromatic rings. The predicted octanol–water partition coefficient (Wildman–Crippen LogP) is 4.90. The molecular formula is C22H17NO3. The smallest absolute Gasteiger partial charge is 0.266 e. The van der Waals surface area contributed by atoms with Crippen molar-refractivity contribution in [3.05, 3.63) is 89.0 Å². The Hall–Kier alpha value is -3.40. The first-order chi connectivity index (χ1) is 12.5. The first-order valence-corrected chi connectivity index (χ1v) is 8.37. The van der Waals surface area contributed by atoms with Gasteiger partial charge in [-0.05, 0) is 73.5 Å². The maximum absolute atomic E-state index is 12.5. The average Bonchev–Trinajstić information content (AvgIpc) is 2.90. The number of fused-ring (bicyclic) bond motifs is 1. The van der Waals surface area contributed by atoms with Crippen molar-refractivity contribution >= 4 is 17.5 Å². The van der Waals surface area contributed by atoms with E-state index in [1.165, 1.54) is 10.5 Å². The van der Waals surface area contributed by atoms with E-state index in [0.29, 0.717) is 22.6 Å². The van der Waals surface area contributed by atoms with Crippen LogP contribution in [0.3, 0.4) is 0 Å². The molecule has 2 amide bonds. The van der Waals surface area contributed by atoms with Crippen molar-refractivity contribution in [2.75, 3.05) is 4.90 Å². The summed E-state index contributed by atoms with van der Waals surface area (Å²) in [6, 6.07) is 19.7. The van der Waals surface area contributed by atoms with Gasteiger partial charge in [-0.3, -0.25) is 9.59 Å². The van der Waals surface area contributed by atoms with Crippen LogP contribution in [-0.2, 0) is 0 Å². The minimum absolute atomic E-state index is 0.298. The number of anilines is 1. The van der Waals surface area contributed by atoms with Crippen molar-refractivity contribution in [1.82, 2.24) is 0 Å². The maximum Gasteiger partial charge on any atom is 0.266 e. The molecule has 4 rings (SSSR count). The summed E-state index contributed by atoms with van der Waals surface area (Å²) < 4.78 is 5.86. The van der Waals surface area contributed by atoms with Crippen molar-refractivity contribution in [3.63, 3.8) is 0 Å². The third kappa shape index (κ3) is 2.65. The van der Waals surface area contributed by atoms with Crippen LogP contribution in [0.1, 0.15) is 31.8 Å². The highest BCUT2D eigenvalue weighted by atomic mass is 16.5. The van der Waals surface area contributed by atoms with Gasteiger partial charge in [-0.2, -0.15) is 0 Å². The fourth-order valence-electron chi connectivity index (χ4n) is 3.00. The number of hydrogen-bond acceptors (Lipinski definition) is 3. The molecule has 0 fully saturated rings. The molecule has 1 heterocycles. The molecular weight excluding hydrogens is 326 g/mol. The second-order valence-corrected chi connectivity index (χ2v) is 6.33. The zero-order chi connectivity index (χ0) is 18.3. The zero-order valence-electron chi connectivity index (χ0n) is 14.5. The Labute approximate surface area is 151 Å². The highest BCUT2D eigenvalue weighted by Gasteiger charge is 2.36. The number of nitrogens with zero attached hydrogens (tertiary/aromatic N) is 1. The lowest BCUT2D eigenvalue weighted by Crippen LogP contribution is -2.29. The molecule has 4 heteroatoms. The molecule has 0 aliphatic carbocycles. The quantitative estimate of drug-likeness (QED) is 0.636. The van der Waals surface area contributed by atoms with Crippen molar-refractivity contribution in [2.24, 2.45) is 0 Å². The molecule has 0 N–H and O–H groups in total. The Morgan fingerprint density at radius 3 is 1.85 bits per heavy atom. The van der Waals surface area contributed by atoms with Crippen molar-refractivity contribution in [2.45, 2.75) is 13.8 Å². The number of aryl methyl sites for hydroxylation is 2. The molecule has 26 heavy (non-hydrogen) atoms. The molecule has 0 spiro atoms. The van der Waals surface area contributed by atoms with Crippen LogP contribution < -0.4 is 9.64 Å². The van der Waals surface area contributed by atoms with Crippen LogP contribution in [0.4, 0.5) is 5.69 Å². The molecule has 3 aromatic carbocycles. The van der Waals surface area contributed by atoms with Crippen LogP contribution in [0.15, 0.2) is 66.7 Å². The van der Waals surface area contributed by atoms with Crippen LogP contribution in [-0.4, -0.2) is 11.8 Å². The van der Waals surface area contributed by atoms with Crippen LogP contribution >= 0.6 is 0 Å². The molecule has 0 saturated heterocycles. The number of imide groups is 1. The minimum Gasteiger partial charge on any atom is -0.457 e. The van der Waals surface area contributed by atoms with Crippen molar-refractivity contribution in [1.29, 1.82) is 0 Å². The van der Waals surface area contributed by atoms with Gasteiger partial charge in [-0.15, -0.1) is 0 Å². The van der Waals surface area contributed by atoms with Crippen molar-refractivity contribution < 1.29 is 14.3 Å². The van der Waals surface area contributed by atoms with Crippen LogP contribution in [0.5, 0.6) is 11.5 Å². The van der Waals surface area contributed by atoms with Crippen LogP contribution in [0, 0.1) is 13.8 Å². The number of hydrogen-bond donors (Lipinski definition) is 0. The zero-order valence-corrected chi connectivity index (χ0v) is 14.5. The Morgan fingerprint density at radius 2 is 1.27 bits per heavy atom. The Balaban J connectivity index is 1.58. The normalized spacial score (nSPS) is 13.1. The van der Waals surface area contributed by atoms with E-state index in [-0.39, 0.29) is 11.8 Å². The van der Waals surface area contributed by atoms with E-state index < -0.39 is 0 Å². The van der Waals surface area contributed by atoms with Gasteiger partial charge in [0.15, 0.2) is 0 Å². The van der Waals surface area contributed by atoms with Gasteiger partial charge in [-0.25, -0.2) is 4.90 Å². The summed E-state index contributed by atoms with van der Waals surface area (Å²) in [4.78, 5) is 26.3. The van der Waals surface area contributed by atoms with Gasteiger partial charge in [0.05, 0.1) is 16.8 Å². The number of rotatable bonds is 3. The van der Waals surface area contributed by atoms with E-state index in [4.69, 9.17) is 4.74 Å². The predicted molar refractivity (Wildman–Crippen MR) is 100 cm³/mol. The number of amides is 2. The molecule has 0 atom stereocenters. The van der Waals surface area contributed by atoms with Gasteiger partial charge in [0.1, 0.15) is 11.5 Å². The molecule has 128 valence electrons. The summed E-state index contributed by atoms with van der Waals surface area (Å²) >= 11 is 0. The lowest BCUT2D eigenvalue weighted by Gasteiger charge is -2.14. The number of carbonyl (C=O) groups excluding carboxylic acids is 2. The molecule has 0 aromatic heterocycles. The molecule has 0 saturated carbocycles. The monoisotopic (exact) mass is 343 g/mol. The summed E-state index contributed by atoms with van der Waals surface area (Å²) in [5.41, 5.74) is 3.77. The average molecular weight is 343 g/mol. The van der Waals surface area contributed by atoms with Crippen LogP contribution in [0.2, 0.25) is 0 Å². The van der Waals surface area contributed by atoms with Gasteiger partial charge in [0, 0.05) is 0 Å². The third-order valence-corrected chi connectivity index (χ3v) is 4.60. The second-order valence-electron chi connectivity index (χ2n) is 6.33. The number of carbonyl (C=O) groups is 2. The highest BCUT2D eigenvalue weighted by molar-refractivity contribution is 6.34. The van der Waals surface area contributed by atoms with Gasteiger partial charge >= 0.3 is 0 Å². The lowest BCUT2D eigenvalue weighted by molar-refractivity contribution is 0.0926. The first-order valence-electron chi connectivity index (χ1n) is 8.37. The molecule has 0 unspecified atom stereocenters. The largest absolute Gasteiger partial charge is 0.457 e. The fourth-order valence-corrected chi connectivity index (χ4v) is 3.00. The number of benzene rings is 3. The van der Waals surface area contributed by atoms with Gasteiger partial charge in [0.2, 0.25) is 0 Å². The summed E-state index contributed by atoms with van der Waals surface area (Å²) in [6.45, 7) is 4.09. The van der Waals surface area contributed by atoms with Crippen LogP contribution in [0.25, 0.3) is 0 Å². The minimum atomic E-state index is -0.298.